The van der Waals surface area contributed by atoms with Gasteiger partial charge in [0.05, 0.1) is 30.6 Å². The summed E-state index contributed by atoms with van der Waals surface area (Å²) in [6, 6.07) is 6.60. The first-order valence-electron chi connectivity index (χ1n) is 8.38. The number of rotatable bonds is 4. The Kier molecular flexibility index (Phi) is 5.07. The van der Waals surface area contributed by atoms with Gasteiger partial charge < -0.3 is 15.0 Å². The maximum atomic E-state index is 13.1. The number of fused-ring (bicyclic) bond motifs is 1. The van der Waals surface area contributed by atoms with Crippen LogP contribution in [0.3, 0.4) is 0 Å². The highest BCUT2D eigenvalue weighted by molar-refractivity contribution is 6.08. The fourth-order valence-corrected chi connectivity index (χ4v) is 3.13. The van der Waals surface area contributed by atoms with Crippen LogP contribution in [0.25, 0.3) is 0 Å². The van der Waals surface area contributed by atoms with Gasteiger partial charge in [0.25, 0.3) is 5.91 Å². The minimum Gasteiger partial charge on any atom is -0.469 e. The van der Waals surface area contributed by atoms with Crippen molar-refractivity contribution in [1.29, 1.82) is 0 Å². The quantitative estimate of drug-likeness (QED) is 0.653. The van der Waals surface area contributed by atoms with Crippen molar-refractivity contribution in [2.24, 2.45) is 13.0 Å². The second-order valence-electron chi connectivity index (χ2n) is 6.21. The number of carbonyl (C=O) groups excluding carboxylic acids is 3. The lowest BCUT2D eigenvalue weighted by Gasteiger charge is -2.31. The average Bonchev–Trinajstić information content (AvgIpc) is 3.07. The number of nitrogens with zero attached hydrogens (tertiary/aromatic N) is 3. The summed E-state index contributed by atoms with van der Waals surface area (Å²) in [5.41, 5.74) is 2.33. The van der Waals surface area contributed by atoms with E-state index in [9.17, 15) is 14.4 Å². The molecule has 0 saturated carbocycles. The molecule has 3 rings (SSSR count). The van der Waals surface area contributed by atoms with Crippen LogP contribution in [0.2, 0.25) is 0 Å². The van der Waals surface area contributed by atoms with E-state index in [1.807, 2.05) is 0 Å². The Morgan fingerprint density at radius 1 is 1.37 bits per heavy atom. The minimum absolute atomic E-state index is 0.202. The standard InChI is InChI=1S/C19H20N4O4/c1-4-17(24)21-14-7-5-6-12(8-14)18(25)23-11-13(19(26)27-3)9-15-16(23)10-20-22(15)2/h4-8,10,13H,1,9,11H2,2-3H3,(H,21,24). The molecule has 1 N–H and O–H groups in total. The zero-order chi connectivity index (χ0) is 19.6. The van der Waals surface area contributed by atoms with Gasteiger partial charge >= 0.3 is 5.97 Å². The molecule has 140 valence electrons. The van der Waals surface area contributed by atoms with Crippen LogP contribution >= 0.6 is 0 Å². The number of benzene rings is 1. The monoisotopic (exact) mass is 368 g/mol. The number of hydrogen-bond acceptors (Lipinski definition) is 5. The number of carbonyl (C=O) groups is 3. The lowest BCUT2D eigenvalue weighted by molar-refractivity contribution is -0.145. The SMILES string of the molecule is C=CC(=O)Nc1cccc(C(=O)N2CC(C(=O)OC)Cc3c2cnn3C)c1. The van der Waals surface area contributed by atoms with Crippen LogP contribution in [0.4, 0.5) is 11.4 Å². The number of nitrogens with one attached hydrogen (secondary N) is 1. The summed E-state index contributed by atoms with van der Waals surface area (Å²) in [7, 11) is 3.10. The first kappa shape index (κ1) is 18.4. The highest BCUT2D eigenvalue weighted by Crippen LogP contribution is 2.31. The molecule has 2 aromatic rings. The molecule has 1 aliphatic heterocycles. The van der Waals surface area contributed by atoms with E-state index in [-0.39, 0.29) is 24.3 Å². The van der Waals surface area contributed by atoms with Crippen molar-refractivity contribution in [3.8, 4) is 0 Å². The Bertz CT molecular complexity index is 918. The van der Waals surface area contributed by atoms with E-state index in [1.165, 1.54) is 12.0 Å². The van der Waals surface area contributed by atoms with Gasteiger partial charge in [0.2, 0.25) is 5.91 Å². The molecule has 1 unspecified atom stereocenters. The number of aromatic nitrogens is 2. The first-order chi connectivity index (χ1) is 12.9. The molecule has 1 aromatic heterocycles. The van der Waals surface area contributed by atoms with Gasteiger partial charge in [0.1, 0.15) is 0 Å². The Hall–Kier alpha value is -3.42. The van der Waals surface area contributed by atoms with Crippen LogP contribution in [0.15, 0.2) is 43.1 Å². The molecule has 27 heavy (non-hydrogen) atoms. The van der Waals surface area contributed by atoms with E-state index in [4.69, 9.17) is 4.74 Å². The lowest BCUT2D eigenvalue weighted by atomic mass is 9.96. The molecule has 0 spiro atoms. The summed E-state index contributed by atoms with van der Waals surface area (Å²) in [6.07, 6.45) is 3.23. The minimum atomic E-state index is -0.467. The number of hydrogen-bond donors (Lipinski definition) is 1. The molecule has 2 amide bonds. The molecule has 0 radical (unpaired) electrons. The van der Waals surface area contributed by atoms with E-state index in [0.717, 1.165) is 11.8 Å². The fraction of sp³-hybridized carbons (Fsp3) is 0.263. The van der Waals surface area contributed by atoms with Crippen molar-refractivity contribution >= 4 is 29.2 Å². The summed E-state index contributed by atoms with van der Waals surface area (Å²) in [5, 5.41) is 6.85. The molecule has 0 saturated heterocycles. The largest absolute Gasteiger partial charge is 0.469 e. The lowest BCUT2D eigenvalue weighted by Crippen LogP contribution is -2.43. The molecule has 8 heteroatoms. The van der Waals surface area contributed by atoms with Gasteiger partial charge in [-0.05, 0) is 24.3 Å². The molecule has 0 fully saturated rings. The highest BCUT2D eigenvalue weighted by Gasteiger charge is 2.35. The molecule has 0 aliphatic carbocycles. The highest BCUT2D eigenvalue weighted by atomic mass is 16.5. The predicted molar refractivity (Wildman–Crippen MR) is 99.4 cm³/mol. The van der Waals surface area contributed by atoms with E-state index in [0.29, 0.717) is 23.4 Å². The van der Waals surface area contributed by atoms with Crippen molar-refractivity contribution in [1.82, 2.24) is 9.78 Å². The maximum Gasteiger partial charge on any atom is 0.310 e. The number of ether oxygens (including phenoxy) is 1. The molecule has 8 nitrogen and oxygen atoms in total. The first-order valence-corrected chi connectivity index (χ1v) is 8.38. The summed E-state index contributed by atoms with van der Waals surface area (Å²) in [4.78, 5) is 38.2. The zero-order valence-electron chi connectivity index (χ0n) is 15.1. The van der Waals surface area contributed by atoms with Crippen LogP contribution in [0.1, 0.15) is 16.1 Å². The van der Waals surface area contributed by atoms with Gasteiger partial charge in [-0.2, -0.15) is 5.10 Å². The summed E-state index contributed by atoms with van der Waals surface area (Å²) < 4.78 is 6.52. The number of amides is 2. The third-order valence-corrected chi connectivity index (χ3v) is 4.52. The van der Waals surface area contributed by atoms with Crippen molar-refractivity contribution in [2.75, 3.05) is 23.9 Å². The zero-order valence-corrected chi connectivity index (χ0v) is 15.1. The van der Waals surface area contributed by atoms with Gasteiger partial charge in [0, 0.05) is 31.3 Å². The van der Waals surface area contributed by atoms with Crippen LogP contribution in [-0.4, -0.2) is 41.2 Å². The van der Waals surface area contributed by atoms with Crippen LogP contribution < -0.4 is 10.2 Å². The number of methoxy groups -OCH3 is 1. The van der Waals surface area contributed by atoms with E-state index in [1.54, 1.807) is 42.2 Å². The van der Waals surface area contributed by atoms with Crippen LogP contribution in [0, 0.1) is 5.92 Å². The third kappa shape index (κ3) is 3.59. The summed E-state index contributed by atoms with van der Waals surface area (Å²) >= 11 is 0. The Balaban J connectivity index is 1.93. The fourth-order valence-electron chi connectivity index (χ4n) is 3.13. The van der Waals surface area contributed by atoms with Gasteiger partial charge in [-0.1, -0.05) is 12.6 Å². The number of esters is 1. The van der Waals surface area contributed by atoms with Gasteiger partial charge in [-0.25, -0.2) is 0 Å². The third-order valence-electron chi connectivity index (χ3n) is 4.52. The van der Waals surface area contributed by atoms with Crippen LogP contribution in [0.5, 0.6) is 0 Å². The van der Waals surface area contributed by atoms with Gasteiger partial charge in [0.15, 0.2) is 0 Å². The van der Waals surface area contributed by atoms with Crippen LogP contribution in [-0.2, 0) is 27.8 Å². The van der Waals surface area contributed by atoms with Crippen molar-refractivity contribution in [2.45, 2.75) is 6.42 Å². The second-order valence-corrected chi connectivity index (χ2v) is 6.21. The topological polar surface area (TPSA) is 93.5 Å². The molecule has 1 atom stereocenters. The maximum absolute atomic E-state index is 13.1. The van der Waals surface area contributed by atoms with Crippen molar-refractivity contribution in [3.63, 3.8) is 0 Å². The smallest absolute Gasteiger partial charge is 0.310 e. The summed E-state index contributed by atoms with van der Waals surface area (Å²) in [6.45, 7) is 3.61. The van der Waals surface area contributed by atoms with Crippen molar-refractivity contribution in [3.05, 3.63) is 54.4 Å². The second kappa shape index (κ2) is 7.45. The van der Waals surface area contributed by atoms with E-state index in [2.05, 4.69) is 17.0 Å². The summed E-state index contributed by atoms with van der Waals surface area (Å²) in [5.74, 6) is -1.48. The number of anilines is 2. The Labute approximate surface area is 156 Å². The van der Waals surface area contributed by atoms with Crippen molar-refractivity contribution < 1.29 is 19.1 Å². The molecule has 1 aromatic carbocycles. The Morgan fingerprint density at radius 3 is 2.85 bits per heavy atom. The molecule has 0 bridgehead atoms. The van der Waals surface area contributed by atoms with Gasteiger partial charge in [-0.3, -0.25) is 19.1 Å². The Morgan fingerprint density at radius 2 is 2.15 bits per heavy atom. The molecule has 1 aliphatic rings. The van der Waals surface area contributed by atoms with Gasteiger partial charge in [-0.15, -0.1) is 0 Å². The number of aryl methyl sites for hydroxylation is 1. The molecule has 2 heterocycles. The average molecular weight is 368 g/mol. The normalized spacial score (nSPS) is 15.6. The molecular weight excluding hydrogens is 348 g/mol. The van der Waals surface area contributed by atoms with E-state index < -0.39 is 5.92 Å². The predicted octanol–water partition coefficient (Wildman–Crippen LogP) is 1.54. The van der Waals surface area contributed by atoms with E-state index >= 15 is 0 Å². The molecular formula is C19H20N4O4.